The van der Waals surface area contributed by atoms with Gasteiger partial charge in [-0.2, -0.15) is 17.5 Å². The Morgan fingerprint density at radius 1 is 1.55 bits per heavy atom. The van der Waals surface area contributed by atoms with E-state index in [0.717, 1.165) is 17.1 Å². The Morgan fingerprint density at radius 3 is 2.73 bits per heavy atom. The zero-order chi connectivity index (χ0) is 16.3. The van der Waals surface area contributed by atoms with Gasteiger partial charge in [0, 0.05) is 19.6 Å². The molecule has 5 nitrogen and oxygen atoms in total. The van der Waals surface area contributed by atoms with E-state index in [-0.39, 0.29) is 5.01 Å². The van der Waals surface area contributed by atoms with Gasteiger partial charge in [0.2, 0.25) is 5.82 Å². The van der Waals surface area contributed by atoms with Crippen molar-refractivity contribution in [3.8, 4) is 0 Å². The fraction of sp³-hybridized carbons (Fsp3) is 0.615. The summed E-state index contributed by atoms with van der Waals surface area (Å²) < 4.78 is 40.8. The van der Waals surface area contributed by atoms with Crippen LogP contribution in [0.3, 0.4) is 0 Å². The number of carboxylic acids is 1. The number of carbonyl (C=O) groups is 1. The van der Waals surface area contributed by atoms with Crippen molar-refractivity contribution >= 4 is 23.1 Å². The molecule has 0 spiro atoms. The molecule has 1 aromatic heterocycles. The van der Waals surface area contributed by atoms with Crippen LogP contribution >= 0.6 is 11.5 Å². The first-order chi connectivity index (χ1) is 10.3. The van der Waals surface area contributed by atoms with Gasteiger partial charge in [0.15, 0.2) is 0 Å². The number of hydrogen-bond acceptors (Lipinski definition) is 5. The van der Waals surface area contributed by atoms with Crippen LogP contribution in [0.4, 0.5) is 13.2 Å². The number of rotatable bonds is 5. The van der Waals surface area contributed by atoms with Crippen LogP contribution in [-0.2, 0) is 11.0 Å². The van der Waals surface area contributed by atoms with Crippen LogP contribution in [0.2, 0.25) is 0 Å². The molecule has 0 bridgehead atoms. The first kappa shape index (κ1) is 16.9. The molecule has 1 aliphatic heterocycles. The van der Waals surface area contributed by atoms with E-state index >= 15 is 0 Å². The van der Waals surface area contributed by atoms with Crippen LogP contribution in [0.1, 0.15) is 30.6 Å². The molecule has 0 aromatic carbocycles. The number of hydrogen-bond donors (Lipinski definition) is 1. The number of aromatic nitrogens is 2. The largest absolute Gasteiger partial charge is 0.481 e. The fourth-order valence-corrected chi connectivity index (χ4v) is 2.98. The van der Waals surface area contributed by atoms with Gasteiger partial charge in [-0.15, -0.1) is 0 Å². The highest BCUT2D eigenvalue weighted by Gasteiger charge is 2.36. The minimum Gasteiger partial charge on any atom is -0.481 e. The lowest BCUT2D eigenvalue weighted by atomic mass is 10.0. The van der Waals surface area contributed by atoms with Gasteiger partial charge < -0.3 is 5.11 Å². The molecule has 1 aliphatic rings. The molecule has 1 atom stereocenters. The molecule has 0 radical (unpaired) electrons. The Bertz CT molecular complexity index is 571. The van der Waals surface area contributed by atoms with Gasteiger partial charge in [0.05, 0.1) is 5.92 Å². The van der Waals surface area contributed by atoms with Crippen molar-refractivity contribution in [3.63, 3.8) is 0 Å². The van der Waals surface area contributed by atoms with Crippen molar-refractivity contribution < 1.29 is 23.1 Å². The van der Waals surface area contributed by atoms with Gasteiger partial charge in [-0.1, -0.05) is 13.0 Å². The minimum atomic E-state index is -4.52. The van der Waals surface area contributed by atoms with Gasteiger partial charge in [-0.3, -0.25) is 9.69 Å². The Balaban J connectivity index is 1.99. The highest BCUT2D eigenvalue weighted by molar-refractivity contribution is 7.06. The highest BCUT2D eigenvalue weighted by atomic mass is 32.1. The Kier molecular flexibility index (Phi) is 5.17. The SMILES string of the molecule is CCC(CN1CC=C(c2nc(C(F)(F)F)ns2)CC1)C(=O)O. The molecule has 0 saturated heterocycles. The molecular formula is C13H16F3N3O2S. The van der Waals surface area contributed by atoms with Crippen LogP contribution in [-0.4, -0.2) is 45.0 Å². The van der Waals surface area contributed by atoms with Crippen molar-refractivity contribution in [1.29, 1.82) is 0 Å². The normalized spacial score (nSPS) is 18.1. The molecular weight excluding hydrogens is 319 g/mol. The Morgan fingerprint density at radius 2 is 2.27 bits per heavy atom. The maximum atomic E-state index is 12.5. The van der Waals surface area contributed by atoms with E-state index in [2.05, 4.69) is 9.36 Å². The van der Waals surface area contributed by atoms with Gasteiger partial charge in [0.1, 0.15) is 5.01 Å². The van der Waals surface area contributed by atoms with Gasteiger partial charge in [-0.25, -0.2) is 4.98 Å². The Labute approximate surface area is 129 Å². The highest BCUT2D eigenvalue weighted by Crippen LogP contribution is 2.31. The Hall–Kier alpha value is -1.48. The van der Waals surface area contributed by atoms with Crippen molar-refractivity contribution in [2.75, 3.05) is 19.6 Å². The van der Waals surface area contributed by atoms with Crippen molar-refractivity contribution in [2.24, 2.45) is 5.92 Å². The summed E-state index contributed by atoms with van der Waals surface area (Å²) in [6.07, 6.45) is -1.62. The molecule has 0 saturated carbocycles. The molecule has 0 amide bonds. The first-order valence-corrected chi connectivity index (χ1v) is 7.64. The second kappa shape index (κ2) is 6.74. The predicted molar refractivity (Wildman–Crippen MR) is 75.4 cm³/mol. The third kappa shape index (κ3) is 4.04. The second-order valence-corrected chi connectivity index (χ2v) is 5.86. The maximum absolute atomic E-state index is 12.5. The summed E-state index contributed by atoms with van der Waals surface area (Å²) in [6.45, 7) is 3.39. The van der Waals surface area contributed by atoms with Crippen LogP contribution in [0.5, 0.6) is 0 Å². The third-order valence-corrected chi connectivity index (χ3v) is 4.36. The van der Waals surface area contributed by atoms with Crippen molar-refractivity contribution in [2.45, 2.75) is 25.9 Å². The molecule has 2 rings (SSSR count). The molecule has 0 fully saturated rings. The third-order valence-electron chi connectivity index (χ3n) is 3.57. The number of alkyl halides is 3. The summed E-state index contributed by atoms with van der Waals surface area (Å²) in [4.78, 5) is 16.5. The summed E-state index contributed by atoms with van der Waals surface area (Å²) >= 11 is 0.745. The van der Waals surface area contributed by atoms with E-state index < -0.39 is 23.9 Å². The van der Waals surface area contributed by atoms with Gasteiger partial charge in [0.25, 0.3) is 0 Å². The number of aliphatic carboxylic acids is 1. The lowest BCUT2D eigenvalue weighted by molar-refractivity contribution is -0.144. The molecule has 1 N–H and O–H groups in total. The quantitative estimate of drug-likeness (QED) is 0.896. The molecule has 9 heteroatoms. The molecule has 0 aliphatic carbocycles. The first-order valence-electron chi connectivity index (χ1n) is 6.86. The maximum Gasteiger partial charge on any atom is 0.452 e. The van der Waals surface area contributed by atoms with E-state index in [1.54, 1.807) is 6.08 Å². The minimum absolute atomic E-state index is 0.289. The van der Waals surface area contributed by atoms with E-state index in [1.165, 1.54) is 0 Å². The van der Waals surface area contributed by atoms with Crippen molar-refractivity contribution in [1.82, 2.24) is 14.3 Å². The number of nitrogens with zero attached hydrogens (tertiary/aromatic N) is 3. The monoisotopic (exact) mass is 335 g/mol. The average molecular weight is 335 g/mol. The zero-order valence-electron chi connectivity index (χ0n) is 11.9. The van der Waals surface area contributed by atoms with Gasteiger partial charge >= 0.3 is 12.1 Å². The van der Waals surface area contributed by atoms with E-state index in [9.17, 15) is 18.0 Å². The number of halogens is 3. The summed E-state index contributed by atoms with van der Waals surface area (Å²) in [5, 5.41) is 9.34. The smallest absolute Gasteiger partial charge is 0.452 e. The molecule has 1 aromatic rings. The fourth-order valence-electron chi connectivity index (χ4n) is 2.23. The summed E-state index contributed by atoms with van der Waals surface area (Å²) in [7, 11) is 0. The lowest BCUT2D eigenvalue weighted by Gasteiger charge is -2.27. The topological polar surface area (TPSA) is 66.3 Å². The van der Waals surface area contributed by atoms with Crippen molar-refractivity contribution in [3.05, 3.63) is 16.9 Å². The molecule has 122 valence electrons. The van der Waals surface area contributed by atoms with Crippen LogP contribution in [0.15, 0.2) is 6.08 Å². The molecule has 2 heterocycles. The summed E-state index contributed by atoms with van der Waals surface area (Å²) in [5.74, 6) is -2.35. The standard InChI is InChI=1S/C13H16F3N3O2S/c1-2-8(11(20)21)7-19-5-3-9(4-6-19)10-17-12(18-22-10)13(14,15)16/h3,8H,2,4-7H2,1H3,(H,20,21). The van der Waals surface area contributed by atoms with Crippen LogP contribution in [0, 0.1) is 5.92 Å². The zero-order valence-corrected chi connectivity index (χ0v) is 12.7. The van der Waals surface area contributed by atoms with Gasteiger partial charge in [-0.05, 0) is 29.9 Å². The summed E-state index contributed by atoms with van der Waals surface area (Å²) in [5.41, 5.74) is 0.743. The van der Waals surface area contributed by atoms with E-state index in [0.29, 0.717) is 32.5 Å². The van der Waals surface area contributed by atoms with Crippen LogP contribution in [0.25, 0.3) is 5.57 Å². The van der Waals surface area contributed by atoms with Crippen LogP contribution < -0.4 is 0 Å². The van der Waals surface area contributed by atoms with E-state index in [4.69, 9.17) is 5.11 Å². The lowest BCUT2D eigenvalue weighted by Crippen LogP contribution is -2.35. The molecule has 1 unspecified atom stereocenters. The predicted octanol–water partition coefficient (Wildman–Crippen LogP) is 2.76. The summed E-state index contributed by atoms with van der Waals surface area (Å²) in [6, 6.07) is 0. The van der Waals surface area contributed by atoms with E-state index in [1.807, 2.05) is 11.8 Å². The molecule has 22 heavy (non-hydrogen) atoms. The average Bonchev–Trinajstić information content (AvgIpc) is 2.95. The number of carboxylic acid groups (broad SMARTS) is 1. The second-order valence-electron chi connectivity index (χ2n) is 5.10.